The Bertz CT molecular complexity index is 443. The minimum Gasteiger partial charge on any atom is -0.396 e. The highest BCUT2D eigenvalue weighted by Crippen LogP contribution is 2.35. The van der Waals surface area contributed by atoms with Gasteiger partial charge in [-0.15, -0.1) is 0 Å². The first-order valence-electron chi connectivity index (χ1n) is 6.44. The third-order valence-corrected chi connectivity index (χ3v) is 4.09. The molecule has 1 aromatic rings. The first-order chi connectivity index (χ1) is 8.72. The highest BCUT2D eigenvalue weighted by atomic mass is 19.1. The Morgan fingerprint density at radius 1 is 1.44 bits per heavy atom. The maximum Gasteiger partial charge on any atom is 0.125 e. The summed E-state index contributed by atoms with van der Waals surface area (Å²) in [6, 6.07) is 4.98. The number of hydrogen-bond acceptors (Lipinski definition) is 3. The molecule has 1 N–H and O–H groups in total. The van der Waals surface area contributed by atoms with E-state index < -0.39 is 0 Å². The van der Waals surface area contributed by atoms with Crippen molar-refractivity contribution in [1.82, 2.24) is 0 Å². The molecule has 1 aromatic carbocycles. The van der Waals surface area contributed by atoms with E-state index in [2.05, 4.69) is 4.90 Å². The molecule has 18 heavy (non-hydrogen) atoms. The van der Waals surface area contributed by atoms with Gasteiger partial charge in [-0.1, -0.05) is 6.07 Å². The van der Waals surface area contributed by atoms with Crippen molar-refractivity contribution in [1.29, 1.82) is 0 Å². The second-order valence-electron chi connectivity index (χ2n) is 5.41. The zero-order valence-corrected chi connectivity index (χ0v) is 10.4. The lowest BCUT2D eigenvalue weighted by molar-refractivity contribution is 0.0981. The highest BCUT2D eigenvalue weighted by molar-refractivity contribution is 5.58. The fourth-order valence-corrected chi connectivity index (χ4v) is 2.94. The van der Waals surface area contributed by atoms with E-state index in [1.54, 1.807) is 6.07 Å². The van der Waals surface area contributed by atoms with Crippen LogP contribution in [0.25, 0.3) is 0 Å². The number of aliphatic hydroxyl groups excluding tert-OH is 1. The van der Waals surface area contributed by atoms with E-state index in [4.69, 9.17) is 4.74 Å². The standard InChI is InChI=1S/C14H18FNO2/c15-12-2-1-11-3-5-16(13(11)7-12)8-14(9-17)4-6-18-10-14/h1-2,7,17H,3-6,8-10H2. The van der Waals surface area contributed by atoms with Crippen LogP contribution in [0.2, 0.25) is 0 Å². The molecule has 0 amide bonds. The third kappa shape index (κ3) is 1.99. The van der Waals surface area contributed by atoms with Crippen LogP contribution in [-0.4, -0.2) is 38.0 Å². The summed E-state index contributed by atoms with van der Waals surface area (Å²) in [5.74, 6) is -0.193. The number of halogens is 1. The summed E-state index contributed by atoms with van der Waals surface area (Å²) in [7, 11) is 0. The molecule has 0 radical (unpaired) electrons. The number of hydrogen-bond donors (Lipinski definition) is 1. The van der Waals surface area contributed by atoms with Gasteiger partial charge in [-0.3, -0.25) is 0 Å². The summed E-state index contributed by atoms with van der Waals surface area (Å²) in [5.41, 5.74) is 2.01. The quantitative estimate of drug-likeness (QED) is 0.885. The average molecular weight is 251 g/mol. The smallest absolute Gasteiger partial charge is 0.125 e. The van der Waals surface area contributed by atoms with Crippen molar-refractivity contribution in [3.8, 4) is 0 Å². The summed E-state index contributed by atoms with van der Waals surface area (Å²) in [5, 5.41) is 9.60. The van der Waals surface area contributed by atoms with E-state index in [0.717, 1.165) is 31.6 Å². The van der Waals surface area contributed by atoms with Crippen LogP contribution in [0.15, 0.2) is 18.2 Å². The number of benzene rings is 1. The fourth-order valence-electron chi connectivity index (χ4n) is 2.94. The lowest BCUT2D eigenvalue weighted by Crippen LogP contribution is -2.40. The number of aliphatic hydroxyl groups is 1. The molecule has 1 atom stereocenters. The van der Waals surface area contributed by atoms with Gasteiger partial charge in [0.2, 0.25) is 0 Å². The third-order valence-electron chi connectivity index (χ3n) is 4.09. The maximum absolute atomic E-state index is 13.3. The van der Waals surface area contributed by atoms with E-state index in [0.29, 0.717) is 13.2 Å². The first kappa shape index (κ1) is 11.9. The van der Waals surface area contributed by atoms with Crippen LogP contribution in [0.1, 0.15) is 12.0 Å². The van der Waals surface area contributed by atoms with Crippen LogP contribution < -0.4 is 4.90 Å². The maximum atomic E-state index is 13.3. The predicted octanol–water partition coefficient (Wildman–Crippen LogP) is 1.59. The minimum absolute atomic E-state index is 0.133. The lowest BCUT2D eigenvalue weighted by atomic mass is 9.87. The molecule has 1 fully saturated rings. The Kier molecular flexibility index (Phi) is 2.99. The largest absolute Gasteiger partial charge is 0.396 e. The van der Waals surface area contributed by atoms with E-state index in [9.17, 15) is 9.50 Å². The zero-order chi connectivity index (χ0) is 12.6. The molecular formula is C14H18FNO2. The zero-order valence-electron chi connectivity index (χ0n) is 10.4. The molecule has 0 spiro atoms. The lowest BCUT2D eigenvalue weighted by Gasteiger charge is -2.32. The van der Waals surface area contributed by atoms with Crippen LogP contribution in [-0.2, 0) is 11.2 Å². The summed E-state index contributed by atoms with van der Waals surface area (Å²) < 4.78 is 18.7. The Morgan fingerprint density at radius 2 is 2.33 bits per heavy atom. The monoisotopic (exact) mass is 251 g/mol. The van der Waals surface area contributed by atoms with Gasteiger partial charge in [0.25, 0.3) is 0 Å². The molecule has 0 saturated carbocycles. The van der Waals surface area contributed by atoms with Crippen LogP contribution in [0.4, 0.5) is 10.1 Å². The Balaban J connectivity index is 1.81. The normalized spacial score (nSPS) is 26.7. The van der Waals surface area contributed by atoms with Crippen LogP contribution >= 0.6 is 0 Å². The molecule has 4 heteroatoms. The van der Waals surface area contributed by atoms with Gasteiger partial charge < -0.3 is 14.7 Å². The summed E-state index contributed by atoms with van der Waals surface area (Å²) >= 11 is 0. The highest BCUT2D eigenvalue weighted by Gasteiger charge is 2.37. The molecule has 3 nitrogen and oxygen atoms in total. The molecule has 1 saturated heterocycles. The molecule has 3 rings (SSSR count). The molecule has 0 bridgehead atoms. The van der Waals surface area contributed by atoms with Gasteiger partial charge in [-0.2, -0.15) is 0 Å². The van der Waals surface area contributed by atoms with Crippen molar-refractivity contribution in [3.05, 3.63) is 29.6 Å². The number of ether oxygens (including phenoxy) is 1. The molecule has 2 aliphatic heterocycles. The topological polar surface area (TPSA) is 32.7 Å². The average Bonchev–Trinajstić information content (AvgIpc) is 2.98. The fraction of sp³-hybridized carbons (Fsp3) is 0.571. The predicted molar refractivity (Wildman–Crippen MR) is 67.3 cm³/mol. The Labute approximate surface area is 106 Å². The molecule has 98 valence electrons. The Hall–Kier alpha value is -1.13. The first-order valence-corrected chi connectivity index (χ1v) is 6.44. The van der Waals surface area contributed by atoms with Crippen molar-refractivity contribution in [2.45, 2.75) is 12.8 Å². The molecule has 0 aliphatic carbocycles. The van der Waals surface area contributed by atoms with Crippen molar-refractivity contribution < 1.29 is 14.2 Å². The van der Waals surface area contributed by atoms with E-state index in [1.165, 1.54) is 11.6 Å². The second kappa shape index (κ2) is 4.52. The number of nitrogens with zero attached hydrogens (tertiary/aromatic N) is 1. The van der Waals surface area contributed by atoms with Crippen LogP contribution in [0.5, 0.6) is 0 Å². The van der Waals surface area contributed by atoms with Crippen molar-refractivity contribution >= 4 is 5.69 Å². The van der Waals surface area contributed by atoms with Crippen LogP contribution in [0.3, 0.4) is 0 Å². The van der Waals surface area contributed by atoms with Gasteiger partial charge in [-0.25, -0.2) is 4.39 Å². The summed E-state index contributed by atoms with van der Waals surface area (Å²) in [6.45, 7) is 3.10. The summed E-state index contributed by atoms with van der Waals surface area (Å²) in [6.07, 6.45) is 1.84. The van der Waals surface area contributed by atoms with E-state index in [-0.39, 0.29) is 17.8 Å². The van der Waals surface area contributed by atoms with Crippen molar-refractivity contribution in [3.63, 3.8) is 0 Å². The molecular weight excluding hydrogens is 233 g/mol. The number of rotatable bonds is 3. The Morgan fingerprint density at radius 3 is 3.06 bits per heavy atom. The van der Waals surface area contributed by atoms with Crippen molar-refractivity contribution in [2.75, 3.05) is 37.8 Å². The minimum atomic E-state index is -0.193. The van der Waals surface area contributed by atoms with Crippen molar-refractivity contribution in [2.24, 2.45) is 5.41 Å². The van der Waals surface area contributed by atoms with Gasteiger partial charge >= 0.3 is 0 Å². The molecule has 0 aromatic heterocycles. The van der Waals surface area contributed by atoms with Gasteiger partial charge in [0.05, 0.1) is 13.2 Å². The van der Waals surface area contributed by atoms with E-state index in [1.807, 2.05) is 6.07 Å². The SMILES string of the molecule is OCC1(CN2CCc3ccc(F)cc32)CCOC1. The summed E-state index contributed by atoms with van der Waals surface area (Å²) in [4.78, 5) is 2.18. The number of anilines is 1. The van der Waals surface area contributed by atoms with Gasteiger partial charge in [0.1, 0.15) is 5.82 Å². The van der Waals surface area contributed by atoms with Crippen LogP contribution in [0, 0.1) is 11.2 Å². The second-order valence-corrected chi connectivity index (χ2v) is 5.41. The van der Waals surface area contributed by atoms with E-state index >= 15 is 0 Å². The molecule has 2 aliphatic rings. The molecule has 2 heterocycles. The van der Waals surface area contributed by atoms with Gasteiger partial charge in [0, 0.05) is 30.8 Å². The van der Waals surface area contributed by atoms with Gasteiger partial charge in [0.15, 0.2) is 0 Å². The molecule has 1 unspecified atom stereocenters. The number of fused-ring (bicyclic) bond motifs is 1. The van der Waals surface area contributed by atoms with Gasteiger partial charge in [-0.05, 0) is 30.5 Å².